The Morgan fingerprint density at radius 3 is 2.00 bits per heavy atom. The summed E-state index contributed by atoms with van der Waals surface area (Å²) in [5.41, 5.74) is -0.289. The Bertz CT molecular complexity index is 279. The number of carbonyl (C=O) groups excluding carboxylic acids is 2. The summed E-state index contributed by atoms with van der Waals surface area (Å²) in [6.45, 7) is 12.5. The predicted octanol–water partition coefficient (Wildman–Crippen LogP) is 3.40. The normalized spacial score (nSPS) is 12.6. The maximum atomic E-state index is 11.6. The molecule has 3 nitrogen and oxygen atoms in total. The van der Waals surface area contributed by atoms with Gasteiger partial charge < -0.3 is 4.74 Å². The van der Waals surface area contributed by atoms with Crippen LogP contribution in [0.2, 0.25) is 0 Å². The Morgan fingerprint density at radius 1 is 1.00 bits per heavy atom. The SMILES string of the molecule is CC(C)(C)CC(=O)CCCOCC(=O)C(C)(C)C. The van der Waals surface area contributed by atoms with Crippen LogP contribution in [0.5, 0.6) is 0 Å². The summed E-state index contributed by atoms with van der Waals surface area (Å²) in [6, 6.07) is 0. The average molecular weight is 256 g/mol. The molecule has 0 bridgehead atoms. The van der Waals surface area contributed by atoms with Crippen LogP contribution in [0.1, 0.15) is 60.8 Å². The summed E-state index contributed by atoms with van der Waals surface area (Å²) in [5.74, 6) is 0.372. The summed E-state index contributed by atoms with van der Waals surface area (Å²) in [5, 5.41) is 0. The zero-order chi connectivity index (χ0) is 14.4. The molecule has 0 heterocycles. The zero-order valence-electron chi connectivity index (χ0n) is 12.8. The maximum absolute atomic E-state index is 11.6. The molecule has 0 fully saturated rings. The second-order valence-electron chi connectivity index (χ2n) is 7.11. The number of hydrogen-bond donors (Lipinski definition) is 0. The molecule has 0 unspecified atom stereocenters. The van der Waals surface area contributed by atoms with Crippen molar-refractivity contribution in [2.75, 3.05) is 13.2 Å². The molecule has 18 heavy (non-hydrogen) atoms. The van der Waals surface area contributed by atoms with E-state index in [0.717, 1.165) is 0 Å². The second kappa shape index (κ2) is 7.03. The fraction of sp³-hybridized carbons (Fsp3) is 0.867. The highest BCUT2D eigenvalue weighted by molar-refractivity contribution is 5.84. The van der Waals surface area contributed by atoms with Crippen LogP contribution in [0.15, 0.2) is 0 Å². The Labute approximate surface area is 111 Å². The molecule has 0 amide bonds. The van der Waals surface area contributed by atoms with E-state index in [9.17, 15) is 9.59 Å². The monoisotopic (exact) mass is 256 g/mol. The van der Waals surface area contributed by atoms with E-state index in [1.165, 1.54) is 0 Å². The Morgan fingerprint density at radius 2 is 1.56 bits per heavy atom. The molecule has 0 aliphatic carbocycles. The Balaban J connectivity index is 3.64. The number of Topliss-reactive ketones (excluding diaryl/α,β-unsaturated/α-hetero) is 2. The van der Waals surface area contributed by atoms with E-state index in [1.54, 1.807) is 0 Å². The van der Waals surface area contributed by atoms with E-state index in [2.05, 4.69) is 20.8 Å². The number of ether oxygens (including phenoxy) is 1. The van der Waals surface area contributed by atoms with Gasteiger partial charge in [-0.05, 0) is 11.8 Å². The molecule has 0 aromatic rings. The van der Waals surface area contributed by atoms with Gasteiger partial charge in [0.1, 0.15) is 12.4 Å². The van der Waals surface area contributed by atoms with Crippen molar-refractivity contribution in [1.29, 1.82) is 0 Å². The minimum atomic E-state index is -0.345. The highest BCUT2D eigenvalue weighted by Gasteiger charge is 2.20. The first kappa shape index (κ1) is 17.3. The summed E-state index contributed by atoms with van der Waals surface area (Å²) in [7, 11) is 0. The third-order valence-electron chi connectivity index (χ3n) is 2.54. The van der Waals surface area contributed by atoms with Crippen LogP contribution in [-0.4, -0.2) is 24.8 Å². The van der Waals surface area contributed by atoms with E-state index in [1.807, 2.05) is 20.8 Å². The van der Waals surface area contributed by atoms with Gasteiger partial charge in [-0.1, -0.05) is 41.5 Å². The topological polar surface area (TPSA) is 43.4 Å². The first-order chi connectivity index (χ1) is 8.02. The lowest BCUT2D eigenvalue weighted by Gasteiger charge is -2.17. The molecule has 0 spiro atoms. The largest absolute Gasteiger partial charge is 0.374 e. The Kier molecular flexibility index (Phi) is 6.76. The molecular formula is C15H28O3. The molecule has 3 heteroatoms. The third kappa shape index (κ3) is 9.34. The van der Waals surface area contributed by atoms with Crippen molar-refractivity contribution < 1.29 is 14.3 Å². The van der Waals surface area contributed by atoms with Crippen LogP contribution in [0.3, 0.4) is 0 Å². The Hall–Kier alpha value is -0.700. The van der Waals surface area contributed by atoms with Gasteiger partial charge in [-0.25, -0.2) is 0 Å². The van der Waals surface area contributed by atoms with Crippen LogP contribution in [0.4, 0.5) is 0 Å². The van der Waals surface area contributed by atoms with Crippen LogP contribution in [0.25, 0.3) is 0 Å². The third-order valence-corrected chi connectivity index (χ3v) is 2.54. The number of ketones is 2. The van der Waals surface area contributed by atoms with Gasteiger partial charge in [0.25, 0.3) is 0 Å². The van der Waals surface area contributed by atoms with Crippen molar-refractivity contribution in [3.63, 3.8) is 0 Å². The predicted molar refractivity (Wildman–Crippen MR) is 73.6 cm³/mol. The molecule has 0 aliphatic rings. The van der Waals surface area contributed by atoms with Gasteiger partial charge >= 0.3 is 0 Å². The van der Waals surface area contributed by atoms with Crippen molar-refractivity contribution in [2.45, 2.75) is 60.8 Å². The summed E-state index contributed by atoms with van der Waals surface area (Å²) in [4.78, 5) is 23.1. The summed E-state index contributed by atoms with van der Waals surface area (Å²) < 4.78 is 5.30. The zero-order valence-corrected chi connectivity index (χ0v) is 12.8. The van der Waals surface area contributed by atoms with Crippen molar-refractivity contribution >= 4 is 11.6 Å². The first-order valence-electron chi connectivity index (χ1n) is 6.65. The van der Waals surface area contributed by atoms with Crippen LogP contribution in [-0.2, 0) is 14.3 Å². The lowest BCUT2D eigenvalue weighted by molar-refractivity contribution is -0.131. The van der Waals surface area contributed by atoms with Crippen molar-refractivity contribution in [1.82, 2.24) is 0 Å². The van der Waals surface area contributed by atoms with Crippen molar-refractivity contribution in [3.8, 4) is 0 Å². The van der Waals surface area contributed by atoms with Crippen molar-refractivity contribution in [2.24, 2.45) is 10.8 Å². The first-order valence-corrected chi connectivity index (χ1v) is 6.65. The fourth-order valence-corrected chi connectivity index (χ4v) is 1.43. The van der Waals surface area contributed by atoms with Crippen LogP contribution in [0, 0.1) is 10.8 Å². The van der Waals surface area contributed by atoms with E-state index in [4.69, 9.17) is 4.74 Å². The standard InChI is InChI=1S/C15H28O3/c1-14(2,3)10-12(16)8-7-9-18-11-13(17)15(4,5)6/h7-11H2,1-6H3. The lowest BCUT2D eigenvalue weighted by Crippen LogP contribution is -2.25. The average Bonchev–Trinajstić information content (AvgIpc) is 2.12. The van der Waals surface area contributed by atoms with Crippen LogP contribution < -0.4 is 0 Å². The molecule has 0 saturated heterocycles. The van der Waals surface area contributed by atoms with E-state index in [-0.39, 0.29) is 29.0 Å². The van der Waals surface area contributed by atoms with E-state index < -0.39 is 0 Å². The van der Waals surface area contributed by atoms with Gasteiger partial charge in [0, 0.05) is 24.9 Å². The second-order valence-corrected chi connectivity index (χ2v) is 7.11. The molecule has 0 N–H and O–H groups in total. The lowest BCUT2D eigenvalue weighted by atomic mass is 9.89. The molecular weight excluding hydrogens is 228 g/mol. The maximum Gasteiger partial charge on any atom is 0.163 e. The molecule has 0 radical (unpaired) electrons. The number of rotatable bonds is 7. The van der Waals surface area contributed by atoms with Gasteiger partial charge in [-0.2, -0.15) is 0 Å². The fourth-order valence-electron chi connectivity index (χ4n) is 1.43. The highest BCUT2D eigenvalue weighted by atomic mass is 16.5. The molecule has 0 saturated carbocycles. The van der Waals surface area contributed by atoms with Crippen LogP contribution >= 0.6 is 0 Å². The van der Waals surface area contributed by atoms with Gasteiger partial charge in [0.2, 0.25) is 0 Å². The molecule has 0 atom stereocenters. The number of hydrogen-bond acceptors (Lipinski definition) is 3. The molecule has 0 aromatic carbocycles. The highest BCUT2D eigenvalue weighted by Crippen LogP contribution is 2.20. The van der Waals surface area contributed by atoms with Gasteiger partial charge in [0.15, 0.2) is 5.78 Å². The molecule has 106 valence electrons. The quantitative estimate of drug-likeness (QED) is 0.656. The van der Waals surface area contributed by atoms with Gasteiger partial charge in [-0.3, -0.25) is 9.59 Å². The van der Waals surface area contributed by atoms with Gasteiger partial charge in [0.05, 0.1) is 0 Å². The minimum absolute atomic E-state index is 0.0557. The van der Waals surface area contributed by atoms with Gasteiger partial charge in [-0.15, -0.1) is 0 Å². The number of carbonyl (C=O) groups is 2. The molecule has 0 aliphatic heterocycles. The van der Waals surface area contributed by atoms with E-state index >= 15 is 0 Å². The smallest absolute Gasteiger partial charge is 0.163 e. The summed E-state index contributed by atoms with van der Waals surface area (Å²) in [6.07, 6.45) is 1.85. The molecule has 0 aromatic heterocycles. The molecule has 0 rings (SSSR count). The van der Waals surface area contributed by atoms with E-state index in [0.29, 0.717) is 25.9 Å². The minimum Gasteiger partial charge on any atom is -0.374 e. The summed E-state index contributed by atoms with van der Waals surface area (Å²) >= 11 is 0. The van der Waals surface area contributed by atoms with Crippen molar-refractivity contribution in [3.05, 3.63) is 0 Å².